The third kappa shape index (κ3) is 2.08. The lowest BCUT2D eigenvalue weighted by Crippen LogP contribution is -1.74. The van der Waals surface area contributed by atoms with Gasteiger partial charge in [-0.15, -0.1) is 0 Å². The maximum atomic E-state index is 5.41. The monoisotopic (exact) mass is 177 g/mol. The van der Waals surface area contributed by atoms with Crippen molar-refractivity contribution in [3.05, 3.63) is 30.2 Å². The summed E-state index contributed by atoms with van der Waals surface area (Å²) in [6, 6.07) is 7.80. The summed E-state index contributed by atoms with van der Waals surface area (Å²) in [4.78, 5) is 4.26. The summed E-state index contributed by atoms with van der Waals surface area (Å²) in [7, 11) is 0. The van der Waals surface area contributed by atoms with Gasteiger partial charge in [-0.3, -0.25) is 0 Å². The minimum atomic E-state index is 0.811. The Hall–Kier alpha value is -1.31. The van der Waals surface area contributed by atoms with Gasteiger partial charge in [0.2, 0.25) is 0 Å². The van der Waals surface area contributed by atoms with E-state index < -0.39 is 0 Å². The van der Waals surface area contributed by atoms with Crippen LogP contribution in [0.15, 0.2) is 28.7 Å². The Morgan fingerprint density at radius 3 is 2.54 bits per heavy atom. The number of benzene rings is 1. The van der Waals surface area contributed by atoms with Gasteiger partial charge >= 0.3 is 0 Å². The zero-order chi connectivity index (χ0) is 9.68. The van der Waals surface area contributed by atoms with Crippen LogP contribution in [-0.4, -0.2) is 4.98 Å². The van der Waals surface area contributed by atoms with E-state index in [0.717, 1.165) is 23.4 Å². The largest absolute Gasteiger partial charge is 0.441 e. The number of aryl methyl sites for hydroxylation is 1. The number of aromatic nitrogens is 1. The highest BCUT2D eigenvalue weighted by Gasteiger charge is 2.00. The minimum Gasteiger partial charge on any atom is -0.441 e. The first kappa shape index (κ1) is 9.78. The van der Waals surface area contributed by atoms with Crippen LogP contribution in [0.4, 0.5) is 0 Å². The summed E-state index contributed by atoms with van der Waals surface area (Å²) in [5, 5.41) is 0. The lowest BCUT2D eigenvalue weighted by molar-refractivity contribution is 0.538. The van der Waals surface area contributed by atoms with E-state index in [-0.39, 0.29) is 0 Å². The van der Waals surface area contributed by atoms with Gasteiger partial charge in [0.15, 0.2) is 11.5 Å². The van der Waals surface area contributed by atoms with Gasteiger partial charge in [-0.05, 0) is 12.1 Å². The maximum absolute atomic E-state index is 5.41. The van der Waals surface area contributed by atoms with E-state index in [1.165, 1.54) is 0 Å². The van der Waals surface area contributed by atoms with Gasteiger partial charge in [-0.25, -0.2) is 4.98 Å². The number of fused-ring (bicyclic) bond motifs is 1. The normalized spacial score (nSPS) is 9.46. The molecule has 0 bridgehead atoms. The highest BCUT2D eigenvalue weighted by atomic mass is 16.3. The van der Waals surface area contributed by atoms with Crippen LogP contribution < -0.4 is 0 Å². The van der Waals surface area contributed by atoms with Crippen LogP contribution in [0.3, 0.4) is 0 Å². The molecule has 13 heavy (non-hydrogen) atoms. The fraction of sp³-hybridized carbons (Fsp3) is 0.364. The molecule has 0 fully saturated rings. The molecule has 0 amide bonds. The van der Waals surface area contributed by atoms with Crippen molar-refractivity contribution in [2.45, 2.75) is 27.2 Å². The number of oxazole rings is 1. The van der Waals surface area contributed by atoms with Gasteiger partial charge in [0.25, 0.3) is 0 Å². The summed E-state index contributed by atoms with van der Waals surface area (Å²) in [5.41, 5.74) is 1.83. The number of rotatable bonds is 1. The van der Waals surface area contributed by atoms with Crippen molar-refractivity contribution in [1.82, 2.24) is 4.98 Å². The Labute approximate surface area is 78.6 Å². The maximum Gasteiger partial charge on any atom is 0.195 e. The second-order valence-electron chi connectivity index (χ2n) is 2.43. The van der Waals surface area contributed by atoms with E-state index in [2.05, 4.69) is 4.98 Å². The van der Waals surface area contributed by atoms with Crippen molar-refractivity contribution in [2.75, 3.05) is 0 Å². The van der Waals surface area contributed by atoms with Gasteiger partial charge in [-0.2, -0.15) is 0 Å². The molecule has 1 heterocycles. The van der Waals surface area contributed by atoms with Gasteiger partial charge in [0.05, 0.1) is 0 Å². The molecular formula is C11H15NO. The average molecular weight is 177 g/mol. The standard InChI is InChI=1S/C9H9NO.C2H6/c1-2-9-10-7-5-3-4-6-8(7)11-9;1-2/h3-6H,2H2,1H3;1-2H3. The second-order valence-corrected chi connectivity index (χ2v) is 2.43. The molecule has 1 aromatic carbocycles. The molecule has 0 N–H and O–H groups in total. The summed E-state index contributed by atoms with van der Waals surface area (Å²) in [6.07, 6.45) is 0.856. The van der Waals surface area contributed by atoms with Gasteiger partial charge in [0.1, 0.15) is 5.52 Å². The lowest BCUT2D eigenvalue weighted by atomic mass is 10.3. The molecule has 2 heteroatoms. The molecule has 0 radical (unpaired) electrons. The fourth-order valence-corrected chi connectivity index (χ4v) is 1.07. The first-order chi connectivity index (χ1) is 6.40. The van der Waals surface area contributed by atoms with Gasteiger partial charge in [-0.1, -0.05) is 32.9 Å². The smallest absolute Gasteiger partial charge is 0.195 e. The number of hydrogen-bond donors (Lipinski definition) is 0. The molecule has 2 aromatic rings. The Morgan fingerprint density at radius 1 is 1.23 bits per heavy atom. The first-order valence-corrected chi connectivity index (χ1v) is 4.74. The quantitative estimate of drug-likeness (QED) is 0.667. The minimum absolute atomic E-state index is 0.811. The molecule has 0 aliphatic carbocycles. The van der Waals surface area contributed by atoms with Crippen molar-refractivity contribution in [1.29, 1.82) is 0 Å². The number of nitrogens with zero attached hydrogens (tertiary/aromatic N) is 1. The highest BCUT2D eigenvalue weighted by molar-refractivity contribution is 5.72. The van der Waals surface area contributed by atoms with E-state index in [4.69, 9.17) is 4.42 Å². The fourth-order valence-electron chi connectivity index (χ4n) is 1.07. The van der Waals surface area contributed by atoms with Crippen LogP contribution in [0.1, 0.15) is 26.7 Å². The number of para-hydroxylation sites is 2. The summed E-state index contributed by atoms with van der Waals surface area (Å²) >= 11 is 0. The Kier molecular flexibility index (Phi) is 3.50. The van der Waals surface area contributed by atoms with Gasteiger partial charge < -0.3 is 4.42 Å². The molecule has 2 nitrogen and oxygen atoms in total. The average Bonchev–Trinajstić information content (AvgIpc) is 2.63. The van der Waals surface area contributed by atoms with E-state index in [1.807, 2.05) is 45.0 Å². The lowest BCUT2D eigenvalue weighted by Gasteiger charge is -1.80. The van der Waals surface area contributed by atoms with Crippen molar-refractivity contribution >= 4 is 11.1 Å². The van der Waals surface area contributed by atoms with Crippen LogP contribution in [0.25, 0.3) is 11.1 Å². The topological polar surface area (TPSA) is 26.0 Å². The Morgan fingerprint density at radius 2 is 1.92 bits per heavy atom. The first-order valence-electron chi connectivity index (χ1n) is 4.74. The van der Waals surface area contributed by atoms with Crippen LogP contribution in [-0.2, 0) is 6.42 Å². The molecular weight excluding hydrogens is 162 g/mol. The molecule has 0 aliphatic heterocycles. The van der Waals surface area contributed by atoms with E-state index in [9.17, 15) is 0 Å². The molecule has 70 valence electrons. The highest BCUT2D eigenvalue weighted by Crippen LogP contribution is 2.14. The molecule has 0 unspecified atom stereocenters. The summed E-state index contributed by atoms with van der Waals surface area (Å²) < 4.78 is 5.41. The van der Waals surface area contributed by atoms with Crippen LogP contribution in [0, 0.1) is 0 Å². The van der Waals surface area contributed by atoms with E-state index in [1.54, 1.807) is 0 Å². The summed E-state index contributed by atoms with van der Waals surface area (Å²) in [6.45, 7) is 6.03. The van der Waals surface area contributed by atoms with Crippen molar-refractivity contribution in [3.63, 3.8) is 0 Å². The van der Waals surface area contributed by atoms with Crippen molar-refractivity contribution < 1.29 is 4.42 Å². The van der Waals surface area contributed by atoms with Crippen molar-refractivity contribution in [2.24, 2.45) is 0 Å². The van der Waals surface area contributed by atoms with E-state index in [0.29, 0.717) is 0 Å². The molecule has 0 aliphatic rings. The zero-order valence-corrected chi connectivity index (χ0v) is 8.37. The molecule has 2 rings (SSSR count). The van der Waals surface area contributed by atoms with Crippen LogP contribution in [0.5, 0.6) is 0 Å². The van der Waals surface area contributed by atoms with Crippen LogP contribution in [0.2, 0.25) is 0 Å². The third-order valence-corrected chi connectivity index (χ3v) is 1.64. The predicted octanol–water partition coefficient (Wildman–Crippen LogP) is 3.42. The predicted molar refractivity (Wildman–Crippen MR) is 54.7 cm³/mol. The molecule has 1 aromatic heterocycles. The third-order valence-electron chi connectivity index (χ3n) is 1.64. The SMILES string of the molecule is CC.CCc1nc2ccccc2o1. The van der Waals surface area contributed by atoms with E-state index >= 15 is 0 Å². The second kappa shape index (κ2) is 4.65. The summed E-state index contributed by atoms with van der Waals surface area (Å²) in [5.74, 6) is 0.811. The molecule has 0 saturated heterocycles. The number of hydrogen-bond acceptors (Lipinski definition) is 2. The van der Waals surface area contributed by atoms with Crippen molar-refractivity contribution in [3.8, 4) is 0 Å². The molecule has 0 saturated carbocycles. The molecule has 0 atom stereocenters. The Balaban J connectivity index is 0.000000396. The molecule has 0 spiro atoms. The van der Waals surface area contributed by atoms with Crippen LogP contribution >= 0.6 is 0 Å². The zero-order valence-electron chi connectivity index (χ0n) is 8.37. The van der Waals surface area contributed by atoms with Gasteiger partial charge in [0, 0.05) is 6.42 Å². The Bertz CT molecular complexity index is 332.